The smallest absolute Gasteiger partial charge is 0.264 e. The van der Waals surface area contributed by atoms with E-state index in [1.165, 1.54) is 22.2 Å². The molecule has 0 aliphatic carbocycles. The Hall–Kier alpha value is -1.69. The third-order valence-corrected chi connectivity index (χ3v) is 4.21. The van der Waals surface area contributed by atoms with Crippen LogP contribution in [0.4, 0.5) is 0 Å². The maximum atomic E-state index is 12.2. The van der Waals surface area contributed by atoms with Gasteiger partial charge in [0.2, 0.25) is 0 Å². The molecule has 18 heavy (non-hydrogen) atoms. The van der Waals surface area contributed by atoms with Crippen LogP contribution in [-0.2, 0) is 7.05 Å². The second-order valence-corrected chi connectivity index (χ2v) is 5.22. The summed E-state index contributed by atoms with van der Waals surface area (Å²) in [5.41, 5.74) is 0.626. The third-order valence-electron chi connectivity index (χ3n) is 3.03. The third kappa shape index (κ3) is 1.82. The average molecular weight is 265 g/mol. The van der Waals surface area contributed by atoms with Gasteiger partial charge in [-0.05, 0) is 19.4 Å². The van der Waals surface area contributed by atoms with Crippen molar-refractivity contribution in [1.82, 2.24) is 14.5 Å². The van der Waals surface area contributed by atoms with E-state index in [1.54, 1.807) is 25.9 Å². The van der Waals surface area contributed by atoms with Crippen LogP contribution in [0.2, 0.25) is 0 Å². The standard InChI is InChI=1S/C12H15N3O2S/c1-5-14(3)12(17)9-7(2)8-10(18-9)13-6-15(4)11(8)16/h6H,5H2,1-4H3. The van der Waals surface area contributed by atoms with Crippen LogP contribution in [0.1, 0.15) is 22.2 Å². The van der Waals surface area contributed by atoms with Crippen LogP contribution < -0.4 is 5.56 Å². The van der Waals surface area contributed by atoms with E-state index >= 15 is 0 Å². The van der Waals surface area contributed by atoms with Gasteiger partial charge in [0, 0.05) is 20.6 Å². The number of hydrogen-bond acceptors (Lipinski definition) is 4. The predicted molar refractivity (Wildman–Crippen MR) is 72.2 cm³/mol. The molecule has 2 heterocycles. The molecule has 0 spiro atoms. The van der Waals surface area contributed by atoms with E-state index in [0.29, 0.717) is 21.6 Å². The lowest BCUT2D eigenvalue weighted by Gasteiger charge is -2.13. The first kappa shape index (κ1) is 12.8. The molecule has 0 bridgehead atoms. The number of fused-ring (bicyclic) bond motifs is 1. The van der Waals surface area contributed by atoms with Crippen LogP contribution >= 0.6 is 11.3 Å². The van der Waals surface area contributed by atoms with E-state index in [9.17, 15) is 9.59 Å². The normalized spacial score (nSPS) is 10.9. The fourth-order valence-corrected chi connectivity index (χ4v) is 2.86. The number of carbonyl (C=O) groups is 1. The minimum atomic E-state index is -0.105. The van der Waals surface area contributed by atoms with E-state index < -0.39 is 0 Å². The van der Waals surface area contributed by atoms with E-state index in [2.05, 4.69) is 4.98 Å². The summed E-state index contributed by atoms with van der Waals surface area (Å²) in [6.45, 7) is 4.36. The highest BCUT2D eigenvalue weighted by atomic mass is 32.1. The molecule has 5 nitrogen and oxygen atoms in total. The van der Waals surface area contributed by atoms with Crippen LogP contribution in [0.25, 0.3) is 10.2 Å². The second kappa shape index (κ2) is 4.53. The first-order valence-corrected chi connectivity index (χ1v) is 6.49. The molecule has 0 aliphatic rings. The molecule has 0 saturated carbocycles. The molecule has 96 valence electrons. The zero-order chi connectivity index (χ0) is 13.4. The SMILES string of the molecule is CCN(C)C(=O)c1sc2ncn(C)c(=O)c2c1C. The maximum absolute atomic E-state index is 12.2. The summed E-state index contributed by atoms with van der Waals surface area (Å²) < 4.78 is 1.43. The molecule has 1 amide bonds. The Kier molecular flexibility index (Phi) is 3.21. The largest absolute Gasteiger partial charge is 0.341 e. The fourth-order valence-electron chi connectivity index (χ4n) is 1.73. The zero-order valence-corrected chi connectivity index (χ0v) is 11.7. The molecule has 0 atom stereocenters. The molecule has 0 fully saturated rings. The highest BCUT2D eigenvalue weighted by molar-refractivity contribution is 7.20. The van der Waals surface area contributed by atoms with Crippen molar-refractivity contribution >= 4 is 27.5 Å². The Labute approximate surface area is 109 Å². The lowest BCUT2D eigenvalue weighted by Crippen LogP contribution is -2.26. The van der Waals surface area contributed by atoms with Gasteiger partial charge in [0.15, 0.2) is 0 Å². The number of aromatic nitrogens is 2. The molecule has 0 N–H and O–H groups in total. The minimum Gasteiger partial charge on any atom is -0.341 e. The van der Waals surface area contributed by atoms with Crippen molar-refractivity contribution in [2.75, 3.05) is 13.6 Å². The predicted octanol–water partition coefficient (Wildman–Crippen LogP) is 1.40. The van der Waals surface area contributed by atoms with Gasteiger partial charge in [0.25, 0.3) is 11.5 Å². The molecular weight excluding hydrogens is 250 g/mol. The molecule has 2 aromatic rings. The topological polar surface area (TPSA) is 55.2 Å². The van der Waals surface area contributed by atoms with Crippen molar-refractivity contribution in [1.29, 1.82) is 0 Å². The lowest BCUT2D eigenvalue weighted by atomic mass is 10.2. The Bertz CT molecular complexity index is 672. The van der Waals surface area contributed by atoms with Gasteiger partial charge in [-0.1, -0.05) is 0 Å². The summed E-state index contributed by atoms with van der Waals surface area (Å²) in [6.07, 6.45) is 1.48. The van der Waals surface area contributed by atoms with E-state index in [4.69, 9.17) is 0 Å². The molecule has 0 aliphatic heterocycles. The molecule has 2 aromatic heterocycles. The van der Waals surface area contributed by atoms with E-state index in [1.807, 2.05) is 6.92 Å². The number of nitrogens with zero attached hydrogens (tertiary/aromatic N) is 3. The average Bonchev–Trinajstić information content (AvgIpc) is 2.70. The summed E-state index contributed by atoms with van der Waals surface area (Å²) in [5, 5.41) is 0.554. The van der Waals surface area contributed by atoms with Crippen molar-refractivity contribution in [3.8, 4) is 0 Å². The van der Waals surface area contributed by atoms with Crippen molar-refractivity contribution in [3.63, 3.8) is 0 Å². The quantitative estimate of drug-likeness (QED) is 0.824. The number of thiophene rings is 1. The van der Waals surface area contributed by atoms with Crippen LogP contribution in [0.3, 0.4) is 0 Å². The van der Waals surface area contributed by atoms with Crippen LogP contribution in [0.5, 0.6) is 0 Å². The van der Waals surface area contributed by atoms with Gasteiger partial charge < -0.3 is 9.47 Å². The summed E-state index contributed by atoms with van der Waals surface area (Å²) in [6, 6.07) is 0. The first-order valence-electron chi connectivity index (χ1n) is 5.67. The first-order chi connectivity index (χ1) is 8.47. The highest BCUT2D eigenvalue weighted by Gasteiger charge is 2.20. The summed E-state index contributed by atoms with van der Waals surface area (Å²) in [5.74, 6) is -0.0555. The highest BCUT2D eigenvalue weighted by Crippen LogP contribution is 2.27. The molecule has 6 heteroatoms. The second-order valence-electron chi connectivity index (χ2n) is 4.22. The van der Waals surface area contributed by atoms with Crippen molar-refractivity contribution in [2.45, 2.75) is 13.8 Å². The van der Waals surface area contributed by atoms with Gasteiger partial charge in [-0.15, -0.1) is 11.3 Å². The van der Waals surface area contributed by atoms with Gasteiger partial charge in [-0.3, -0.25) is 9.59 Å². The van der Waals surface area contributed by atoms with E-state index in [0.717, 1.165) is 5.56 Å². The minimum absolute atomic E-state index is 0.0555. The maximum Gasteiger partial charge on any atom is 0.264 e. The van der Waals surface area contributed by atoms with E-state index in [-0.39, 0.29) is 11.5 Å². The Morgan fingerprint density at radius 3 is 2.83 bits per heavy atom. The van der Waals surface area contributed by atoms with Gasteiger partial charge in [0.05, 0.1) is 16.6 Å². The van der Waals surface area contributed by atoms with Gasteiger partial charge in [-0.2, -0.15) is 0 Å². The molecular formula is C12H15N3O2S. The van der Waals surface area contributed by atoms with Crippen molar-refractivity contribution < 1.29 is 4.79 Å². The number of rotatable bonds is 2. The lowest BCUT2D eigenvalue weighted by molar-refractivity contribution is 0.0806. The molecule has 0 radical (unpaired) electrons. The molecule has 2 rings (SSSR count). The van der Waals surface area contributed by atoms with Crippen LogP contribution in [0, 0.1) is 6.92 Å². The Morgan fingerprint density at radius 1 is 1.56 bits per heavy atom. The van der Waals surface area contributed by atoms with Crippen LogP contribution in [0.15, 0.2) is 11.1 Å². The monoisotopic (exact) mass is 265 g/mol. The van der Waals surface area contributed by atoms with Crippen LogP contribution in [-0.4, -0.2) is 34.0 Å². The summed E-state index contributed by atoms with van der Waals surface area (Å²) >= 11 is 1.28. The van der Waals surface area contributed by atoms with Gasteiger partial charge in [-0.25, -0.2) is 4.98 Å². The number of hydrogen-bond donors (Lipinski definition) is 0. The van der Waals surface area contributed by atoms with Gasteiger partial charge >= 0.3 is 0 Å². The number of aryl methyl sites for hydroxylation is 2. The summed E-state index contributed by atoms with van der Waals surface area (Å²) in [4.78, 5) is 31.2. The van der Waals surface area contributed by atoms with Crippen molar-refractivity contribution in [3.05, 3.63) is 27.1 Å². The zero-order valence-electron chi connectivity index (χ0n) is 10.9. The van der Waals surface area contributed by atoms with Gasteiger partial charge in [0.1, 0.15) is 4.83 Å². The molecule has 0 aromatic carbocycles. The Balaban J connectivity index is 2.69. The number of carbonyl (C=O) groups excluding carboxylic acids is 1. The molecule has 0 saturated heterocycles. The fraction of sp³-hybridized carbons (Fsp3) is 0.417. The molecule has 0 unspecified atom stereocenters. The summed E-state index contributed by atoms with van der Waals surface area (Å²) in [7, 11) is 3.41. The number of amides is 1. The Morgan fingerprint density at radius 2 is 2.22 bits per heavy atom. The van der Waals surface area contributed by atoms with Crippen molar-refractivity contribution in [2.24, 2.45) is 7.05 Å².